The summed E-state index contributed by atoms with van der Waals surface area (Å²) in [4.78, 5) is 0.186. The Morgan fingerprint density at radius 1 is 1.25 bits per heavy atom. The van der Waals surface area contributed by atoms with Crippen LogP contribution in [0.2, 0.25) is 0 Å². The molecule has 1 rings (SSSR count). The van der Waals surface area contributed by atoms with Gasteiger partial charge >= 0.3 is 0 Å². The summed E-state index contributed by atoms with van der Waals surface area (Å²) in [5, 5.41) is 16.9. The zero-order chi connectivity index (χ0) is 18.2. The minimum atomic E-state index is -3.70. The molecule has 0 bridgehead atoms. The first kappa shape index (κ1) is 20.8. The van der Waals surface area contributed by atoms with Gasteiger partial charge in [-0.15, -0.1) is 0 Å². The smallest absolute Gasteiger partial charge is 0.243 e. The number of benzene rings is 1. The Morgan fingerprint density at radius 3 is 2.33 bits per heavy atom. The number of nitrogens with two attached hydrogens (primary N) is 1. The zero-order valence-corrected chi connectivity index (χ0v) is 15.3. The second-order valence-corrected chi connectivity index (χ2v) is 8.19. The molecule has 0 aliphatic heterocycles. The van der Waals surface area contributed by atoms with Crippen LogP contribution in [0, 0.1) is 11.3 Å². The molecule has 4 N–H and O–H groups in total. The van der Waals surface area contributed by atoms with Crippen LogP contribution in [0.3, 0.4) is 0 Å². The summed E-state index contributed by atoms with van der Waals surface area (Å²) in [7, 11) is -3.70. The third-order valence-corrected chi connectivity index (χ3v) is 5.74. The van der Waals surface area contributed by atoms with Crippen molar-refractivity contribution in [2.24, 2.45) is 11.7 Å². The lowest BCUT2D eigenvalue weighted by Crippen LogP contribution is -2.44. The lowest BCUT2D eigenvalue weighted by molar-refractivity contribution is 0.168. The van der Waals surface area contributed by atoms with Gasteiger partial charge in [0.1, 0.15) is 0 Å². The molecule has 7 heteroatoms. The molecule has 0 aromatic heterocycles. The van der Waals surface area contributed by atoms with E-state index in [0.29, 0.717) is 25.1 Å². The summed E-state index contributed by atoms with van der Waals surface area (Å²) >= 11 is 0. The van der Waals surface area contributed by atoms with E-state index in [1.54, 1.807) is 12.1 Å². The van der Waals surface area contributed by atoms with Crippen LogP contribution in [0.1, 0.15) is 38.7 Å². The van der Waals surface area contributed by atoms with Crippen LogP contribution < -0.4 is 5.73 Å². The van der Waals surface area contributed by atoms with Gasteiger partial charge in [0, 0.05) is 18.8 Å². The maximum atomic E-state index is 13.0. The van der Waals surface area contributed by atoms with Crippen molar-refractivity contribution < 1.29 is 13.5 Å². The van der Waals surface area contributed by atoms with Gasteiger partial charge in [0.2, 0.25) is 10.0 Å². The van der Waals surface area contributed by atoms with Crippen molar-refractivity contribution in [3.63, 3.8) is 0 Å². The van der Waals surface area contributed by atoms with Gasteiger partial charge in [-0.2, -0.15) is 4.31 Å². The number of nitrogens with zero attached hydrogens (tertiary/aromatic N) is 1. The Bertz CT molecular complexity index is 600. The molecule has 6 nitrogen and oxygen atoms in total. The number of rotatable bonds is 11. The molecular formula is C17H29N3O3S. The summed E-state index contributed by atoms with van der Waals surface area (Å²) in [6, 6.07) is 5.78. The highest BCUT2D eigenvalue weighted by Gasteiger charge is 2.31. The first-order chi connectivity index (χ1) is 11.4. The SMILES string of the molecule is CC(C)CN([C@H](CO)CCCCN)S(=O)(=O)c1ccc(C=N)cc1. The average Bonchev–Trinajstić information content (AvgIpc) is 2.57. The third kappa shape index (κ3) is 5.66. The molecule has 0 saturated heterocycles. The molecule has 0 spiro atoms. The summed E-state index contributed by atoms with van der Waals surface area (Å²) in [6.45, 7) is 4.60. The van der Waals surface area contributed by atoms with Crippen LogP contribution in [0.5, 0.6) is 0 Å². The summed E-state index contributed by atoms with van der Waals surface area (Å²) < 4.78 is 27.5. The van der Waals surface area contributed by atoms with Gasteiger partial charge in [0.15, 0.2) is 0 Å². The molecule has 1 aromatic rings. The fourth-order valence-corrected chi connectivity index (χ4v) is 4.34. The molecule has 24 heavy (non-hydrogen) atoms. The number of hydrogen-bond acceptors (Lipinski definition) is 5. The molecule has 136 valence electrons. The summed E-state index contributed by atoms with van der Waals surface area (Å²) in [6.07, 6.45) is 3.34. The predicted molar refractivity (Wildman–Crippen MR) is 96.8 cm³/mol. The van der Waals surface area contributed by atoms with Crippen molar-refractivity contribution in [1.82, 2.24) is 4.31 Å². The maximum absolute atomic E-state index is 13.0. The highest BCUT2D eigenvalue weighted by molar-refractivity contribution is 7.89. The Morgan fingerprint density at radius 2 is 1.88 bits per heavy atom. The molecule has 0 saturated carbocycles. The number of aliphatic hydroxyl groups excluding tert-OH is 1. The van der Waals surface area contributed by atoms with Gasteiger partial charge in [0.25, 0.3) is 0 Å². The molecule has 1 aromatic carbocycles. The standard InChI is InChI=1S/C17H29N3O3S/c1-14(2)12-20(16(13-21)5-3-4-10-18)24(22,23)17-8-6-15(11-19)7-9-17/h6-9,11,14,16,19,21H,3-5,10,12-13,18H2,1-2H3/t16-/m0/s1. The molecule has 0 heterocycles. The molecule has 0 aliphatic rings. The van der Waals surface area contributed by atoms with E-state index in [0.717, 1.165) is 12.8 Å². The van der Waals surface area contributed by atoms with Crippen LogP contribution in [-0.2, 0) is 10.0 Å². The number of sulfonamides is 1. The fraction of sp³-hybridized carbons (Fsp3) is 0.588. The van der Waals surface area contributed by atoms with E-state index in [-0.39, 0.29) is 17.4 Å². The topological polar surface area (TPSA) is 107 Å². The van der Waals surface area contributed by atoms with Crippen LogP contribution in [0.15, 0.2) is 29.2 Å². The van der Waals surface area contributed by atoms with E-state index in [2.05, 4.69) is 0 Å². The maximum Gasteiger partial charge on any atom is 0.243 e. The monoisotopic (exact) mass is 355 g/mol. The number of unbranched alkanes of at least 4 members (excludes halogenated alkanes) is 1. The Labute approximate surface area is 145 Å². The molecule has 0 amide bonds. The van der Waals surface area contributed by atoms with Crippen LogP contribution in [0.4, 0.5) is 0 Å². The number of hydrogen-bond donors (Lipinski definition) is 3. The molecule has 0 aliphatic carbocycles. The van der Waals surface area contributed by atoms with Gasteiger partial charge in [-0.25, -0.2) is 8.42 Å². The second kappa shape index (κ2) is 9.88. The van der Waals surface area contributed by atoms with E-state index >= 15 is 0 Å². The molecule has 0 fully saturated rings. The predicted octanol–water partition coefficient (Wildman–Crippen LogP) is 1.82. The Kier molecular flexibility index (Phi) is 8.55. The minimum Gasteiger partial charge on any atom is -0.395 e. The lowest BCUT2D eigenvalue weighted by atomic mass is 10.1. The zero-order valence-electron chi connectivity index (χ0n) is 14.5. The summed E-state index contributed by atoms with van der Waals surface area (Å²) in [5.41, 5.74) is 6.15. The van der Waals surface area contributed by atoms with Crippen molar-refractivity contribution in [1.29, 1.82) is 5.41 Å². The quantitative estimate of drug-likeness (QED) is 0.416. The molecule has 0 radical (unpaired) electrons. The van der Waals surface area contributed by atoms with Gasteiger partial charge in [-0.3, -0.25) is 0 Å². The van der Waals surface area contributed by atoms with E-state index in [1.165, 1.54) is 22.7 Å². The van der Waals surface area contributed by atoms with Crippen molar-refractivity contribution in [2.45, 2.75) is 44.0 Å². The van der Waals surface area contributed by atoms with Gasteiger partial charge in [-0.05, 0) is 43.0 Å². The first-order valence-electron chi connectivity index (χ1n) is 8.30. The van der Waals surface area contributed by atoms with Crippen molar-refractivity contribution in [2.75, 3.05) is 19.7 Å². The lowest BCUT2D eigenvalue weighted by Gasteiger charge is -2.31. The number of nitrogens with one attached hydrogen (secondary N) is 1. The van der Waals surface area contributed by atoms with Crippen LogP contribution in [-0.4, -0.2) is 49.8 Å². The summed E-state index contributed by atoms with van der Waals surface area (Å²) in [5.74, 6) is 0.143. The Hall–Kier alpha value is -1.28. The second-order valence-electron chi connectivity index (χ2n) is 6.30. The van der Waals surface area contributed by atoms with Gasteiger partial charge < -0.3 is 16.2 Å². The highest BCUT2D eigenvalue weighted by Crippen LogP contribution is 2.22. The first-order valence-corrected chi connectivity index (χ1v) is 9.74. The van der Waals surface area contributed by atoms with Crippen LogP contribution >= 0.6 is 0 Å². The van der Waals surface area contributed by atoms with E-state index in [9.17, 15) is 13.5 Å². The largest absolute Gasteiger partial charge is 0.395 e. The Balaban J connectivity index is 3.12. The van der Waals surface area contributed by atoms with Crippen molar-refractivity contribution in [3.8, 4) is 0 Å². The van der Waals surface area contributed by atoms with Crippen molar-refractivity contribution >= 4 is 16.2 Å². The molecule has 1 atom stereocenters. The number of aliphatic hydroxyl groups is 1. The van der Waals surface area contributed by atoms with Crippen molar-refractivity contribution in [3.05, 3.63) is 29.8 Å². The minimum absolute atomic E-state index is 0.143. The fourth-order valence-electron chi connectivity index (χ4n) is 2.53. The van der Waals surface area contributed by atoms with E-state index in [1.807, 2.05) is 13.8 Å². The van der Waals surface area contributed by atoms with Crippen LogP contribution in [0.25, 0.3) is 0 Å². The van der Waals surface area contributed by atoms with Gasteiger partial charge in [0.05, 0.1) is 11.5 Å². The third-order valence-electron chi connectivity index (χ3n) is 3.81. The van der Waals surface area contributed by atoms with E-state index in [4.69, 9.17) is 11.1 Å². The average molecular weight is 356 g/mol. The molecular weight excluding hydrogens is 326 g/mol. The highest BCUT2D eigenvalue weighted by atomic mass is 32.2. The molecule has 0 unspecified atom stereocenters. The van der Waals surface area contributed by atoms with E-state index < -0.39 is 16.1 Å². The normalized spacial score (nSPS) is 13.4. The van der Waals surface area contributed by atoms with Gasteiger partial charge in [-0.1, -0.05) is 32.4 Å².